The third kappa shape index (κ3) is 6.24. The zero-order valence-electron chi connectivity index (χ0n) is 16.6. The fraction of sp³-hybridized carbons (Fsp3) is 0.391. The molecule has 0 aliphatic rings. The smallest absolute Gasteiger partial charge is 0.242 e. The molecule has 0 spiro atoms. The maximum atomic E-state index is 13.1. The molecule has 0 saturated heterocycles. The van der Waals surface area contributed by atoms with Crippen LogP contribution in [-0.4, -0.2) is 29.3 Å². The number of benzene rings is 2. The Morgan fingerprint density at radius 3 is 2.22 bits per heavy atom. The summed E-state index contributed by atoms with van der Waals surface area (Å²) in [5.74, 6) is -0.103. The SMILES string of the molecule is CCCNC(=O)C(CC)N(Cc1ccccc1)C(=O)Cc1ccc(C)cc1. The molecule has 2 amide bonds. The van der Waals surface area contributed by atoms with Crippen LogP contribution in [0.3, 0.4) is 0 Å². The number of nitrogens with one attached hydrogen (secondary N) is 1. The fourth-order valence-electron chi connectivity index (χ4n) is 3.05. The molecule has 2 aromatic rings. The van der Waals surface area contributed by atoms with Crippen molar-refractivity contribution in [3.05, 3.63) is 71.3 Å². The summed E-state index contributed by atoms with van der Waals surface area (Å²) in [6.07, 6.45) is 1.75. The van der Waals surface area contributed by atoms with Crippen LogP contribution in [0.25, 0.3) is 0 Å². The highest BCUT2D eigenvalue weighted by molar-refractivity contribution is 5.88. The van der Waals surface area contributed by atoms with Gasteiger partial charge in [-0.05, 0) is 30.9 Å². The predicted molar refractivity (Wildman–Crippen MR) is 109 cm³/mol. The van der Waals surface area contributed by atoms with Crippen molar-refractivity contribution in [2.45, 2.75) is 52.6 Å². The standard InChI is InChI=1S/C23H30N2O2/c1-4-15-24-23(27)21(5-2)25(17-20-9-7-6-8-10-20)22(26)16-19-13-11-18(3)12-14-19/h6-14,21H,4-5,15-17H2,1-3H3,(H,24,27). The number of carbonyl (C=O) groups excluding carboxylic acids is 2. The molecular formula is C23H30N2O2. The van der Waals surface area contributed by atoms with E-state index in [0.29, 0.717) is 25.9 Å². The molecule has 0 heterocycles. The lowest BCUT2D eigenvalue weighted by Crippen LogP contribution is -2.49. The van der Waals surface area contributed by atoms with Crippen molar-refractivity contribution in [2.75, 3.05) is 6.54 Å². The van der Waals surface area contributed by atoms with Crippen molar-refractivity contribution >= 4 is 11.8 Å². The van der Waals surface area contributed by atoms with E-state index < -0.39 is 6.04 Å². The molecule has 1 N–H and O–H groups in total. The first-order chi connectivity index (χ1) is 13.0. The highest BCUT2D eigenvalue weighted by atomic mass is 16.2. The number of nitrogens with zero attached hydrogens (tertiary/aromatic N) is 1. The van der Waals surface area contributed by atoms with Crippen molar-refractivity contribution < 1.29 is 9.59 Å². The normalized spacial score (nSPS) is 11.7. The van der Waals surface area contributed by atoms with Crippen LogP contribution in [0, 0.1) is 6.92 Å². The quantitative estimate of drug-likeness (QED) is 0.732. The van der Waals surface area contributed by atoms with Crippen molar-refractivity contribution in [1.29, 1.82) is 0 Å². The molecule has 0 saturated carbocycles. The first-order valence-corrected chi connectivity index (χ1v) is 9.71. The van der Waals surface area contributed by atoms with Gasteiger partial charge in [0.05, 0.1) is 6.42 Å². The Balaban J connectivity index is 2.22. The molecule has 2 aromatic carbocycles. The van der Waals surface area contributed by atoms with Gasteiger partial charge in [-0.15, -0.1) is 0 Å². The van der Waals surface area contributed by atoms with Gasteiger partial charge in [0.15, 0.2) is 0 Å². The fourth-order valence-corrected chi connectivity index (χ4v) is 3.05. The van der Waals surface area contributed by atoms with Crippen LogP contribution in [0.2, 0.25) is 0 Å². The Morgan fingerprint density at radius 2 is 1.63 bits per heavy atom. The number of carbonyl (C=O) groups is 2. The molecule has 0 aliphatic carbocycles. The number of rotatable bonds is 9. The van der Waals surface area contributed by atoms with E-state index in [2.05, 4.69) is 5.32 Å². The average molecular weight is 367 g/mol. The predicted octanol–water partition coefficient (Wildman–Crippen LogP) is 3.87. The van der Waals surface area contributed by atoms with Crippen molar-refractivity contribution in [1.82, 2.24) is 10.2 Å². The van der Waals surface area contributed by atoms with Gasteiger partial charge in [-0.2, -0.15) is 0 Å². The Kier molecular flexibility index (Phi) is 8.05. The Labute approximate surface area is 162 Å². The van der Waals surface area contributed by atoms with E-state index >= 15 is 0 Å². The van der Waals surface area contributed by atoms with Crippen LogP contribution >= 0.6 is 0 Å². The molecule has 1 unspecified atom stereocenters. The maximum Gasteiger partial charge on any atom is 0.242 e. The van der Waals surface area contributed by atoms with Gasteiger partial charge in [-0.25, -0.2) is 0 Å². The van der Waals surface area contributed by atoms with Crippen LogP contribution in [0.4, 0.5) is 0 Å². The monoisotopic (exact) mass is 366 g/mol. The Morgan fingerprint density at radius 1 is 0.963 bits per heavy atom. The third-order valence-electron chi connectivity index (χ3n) is 4.61. The molecule has 1 atom stereocenters. The summed E-state index contributed by atoms with van der Waals surface area (Å²) in [5, 5.41) is 2.94. The first-order valence-electron chi connectivity index (χ1n) is 9.71. The molecule has 4 nitrogen and oxygen atoms in total. The van der Waals surface area contributed by atoms with E-state index in [4.69, 9.17) is 0 Å². The summed E-state index contributed by atoms with van der Waals surface area (Å²) >= 11 is 0. The summed E-state index contributed by atoms with van der Waals surface area (Å²) in [6.45, 7) is 7.06. The van der Waals surface area contributed by atoms with Crippen LogP contribution in [0.1, 0.15) is 43.4 Å². The Hall–Kier alpha value is -2.62. The molecule has 0 fully saturated rings. The zero-order chi connectivity index (χ0) is 19.6. The molecule has 2 rings (SSSR count). The van der Waals surface area contributed by atoms with Crippen LogP contribution in [-0.2, 0) is 22.6 Å². The minimum atomic E-state index is -0.463. The van der Waals surface area contributed by atoms with E-state index in [0.717, 1.165) is 23.1 Å². The minimum Gasteiger partial charge on any atom is -0.354 e. The van der Waals surface area contributed by atoms with Gasteiger partial charge in [0.1, 0.15) is 6.04 Å². The molecule has 0 bridgehead atoms. The van der Waals surface area contributed by atoms with Gasteiger partial charge in [0.2, 0.25) is 11.8 Å². The lowest BCUT2D eigenvalue weighted by molar-refractivity contribution is -0.140. The number of aryl methyl sites for hydroxylation is 1. The Bertz CT molecular complexity index is 726. The second-order valence-corrected chi connectivity index (χ2v) is 6.88. The van der Waals surface area contributed by atoms with Gasteiger partial charge in [0, 0.05) is 13.1 Å². The zero-order valence-corrected chi connectivity index (χ0v) is 16.6. The van der Waals surface area contributed by atoms with Crippen molar-refractivity contribution in [3.63, 3.8) is 0 Å². The topological polar surface area (TPSA) is 49.4 Å². The van der Waals surface area contributed by atoms with Gasteiger partial charge >= 0.3 is 0 Å². The van der Waals surface area contributed by atoms with Crippen LogP contribution < -0.4 is 5.32 Å². The molecule has 0 radical (unpaired) electrons. The lowest BCUT2D eigenvalue weighted by atomic mass is 10.1. The van der Waals surface area contributed by atoms with E-state index in [-0.39, 0.29) is 11.8 Å². The molecule has 0 aromatic heterocycles. The second kappa shape index (κ2) is 10.5. The van der Waals surface area contributed by atoms with Crippen molar-refractivity contribution in [3.8, 4) is 0 Å². The molecular weight excluding hydrogens is 336 g/mol. The van der Waals surface area contributed by atoms with Gasteiger partial charge in [-0.1, -0.05) is 74.0 Å². The number of hydrogen-bond donors (Lipinski definition) is 1. The van der Waals surface area contributed by atoms with Gasteiger partial charge in [0.25, 0.3) is 0 Å². The molecule has 4 heteroatoms. The minimum absolute atomic E-state index is 0.0267. The van der Waals surface area contributed by atoms with E-state index in [9.17, 15) is 9.59 Å². The summed E-state index contributed by atoms with van der Waals surface area (Å²) in [6, 6.07) is 17.4. The van der Waals surface area contributed by atoms with E-state index in [1.54, 1.807) is 4.90 Å². The highest BCUT2D eigenvalue weighted by Gasteiger charge is 2.28. The van der Waals surface area contributed by atoms with Gasteiger partial charge in [-0.3, -0.25) is 9.59 Å². The summed E-state index contributed by atoms with van der Waals surface area (Å²) in [7, 11) is 0. The summed E-state index contributed by atoms with van der Waals surface area (Å²) in [4.78, 5) is 27.5. The maximum absolute atomic E-state index is 13.1. The molecule has 27 heavy (non-hydrogen) atoms. The average Bonchev–Trinajstić information content (AvgIpc) is 2.68. The lowest BCUT2D eigenvalue weighted by Gasteiger charge is -2.30. The molecule has 144 valence electrons. The highest BCUT2D eigenvalue weighted by Crippen LogP contribution is 2.15. The van der Waals surface area contributed by atoms with Crippen molar-refractivity contribution in [2.24, 2.45) is 0 Å². The van der Waals surface area contributed by atoms with Crippen LogP contribution in [0.15, 0.2) is 54.6 Å². The number of hydrogen-bond acceptors (Lipinski definition) is 2. The third-order valence-corrected chi connectivity index (χ3v) is 4.61. The van der Waals surface area contributed by atoms with E-state index in [1.165, 1.54) is 0 Å². The summed E-state index contributed by atoms with van der Waals surface area (Å²) in [5.41, 5.74) is 3.15. The molecule has 0 aliphatic heterocycles. The number of amides is 2. The largest absolute Gasteiger partial charge is 0.354 e. The summed E-state index contributed by atoms with van der Waals surface area (Å²) < 4.78 is 0. The second-order valence-electron chi connectivity index (χ2n) is 6.88. The first kappa shape index (κ1) is 20.7. The van der Waals surface area contributed by atoms with E-state index in [1.807, 2.05) is 75.4 Å². The van der Waals surface area contributed by atoms with Crippen LogP contribution in [0.5, 0.6) is 0 Å². The van der Waals surface area contributed by atoms with Gasteiger partial charge < -0.3 is 10.2 Å².